The maximum absolute atomic E-state index is 14.3. The van der Waals surface area contributed by atoms with E-state index in [-0.39, 0.29) is 24.2 Å². The average Bonchev–Trinajstić information content (AvgIpc) is 2.83. The third-order valence-corrected chi connectivity index (χ3v) is 6.67. The average molecular weight is 475 g/mol. The zero-order valence-corrected chi connectivity index (χ0v) is 20.1. The predicted octanol–water partition coefficient (Wildman–Crippen LogP) is 6.28. The molecule has 1 N–H and O–H groups in total. The van der Waals surface area contributed by atoms with E-state index in [1.54, 1.807) is 35.2 Å². The Balaban J connectivity index is 1.56. The molecule has 2 amide bonds. The number of hydrogen-bond acceptors (Lipinski definition) is 3. The number of anilines is 1. The van der Waals surface area contributed by atoms with Crippen LogP contribution in [0.1, 0.15) is 41.8 Å². The Morgan fingerprint density at radius 1 is 1.03 bits per heavy atom. The maximum atomic E-state index is 14.3. The van der Waals surface area contributed by atoms with Crippen molar-refractivity contribution in [1.82, 2.24) is 5.32 Å². The van der Waals surface area contributed by atoms with Crippen LogP contribution in [-0.4, -0.2) is 18.4 Å². The molecule has 3 aromatic rings. The zero-order valence-electron chi connectivity index (χ0n) is 19.3. The first-order chi connectivity index (χ1) is 16.4. The van der Waals surface area contributed by atoms with Crippen molar-refractivity contribution in [3.05, 3.63) is 100 Å². The van der Waals surface area contributed by atoms with Crippen LogP contribution in [0.2, 0.25) is 0 Å². The number of thioether (sulfide) groups is 1. The highest BCUT2D eigenvalue weighted by molar-refractivity contribution is 8.04. The molecule has 6 heteroatoms. The summed E-state index contributed by atoms with van der Waals surface area (Å²) < 4.78 is 14.3. The van der Waals surface area contributed by atoms with Crippen molar-refractivity contribution in [3.63, 3.8) is 0 Å². The van der Waals surface area contributed by atoms with E-state index in [9.17, 15) is 14.0 Å². The summed E-state index contributed by atoms with van der Waals surface area (Å²) in [7, 11) is 0. The van der Waals surface area contributed by atoms with Crippen molar-refractivity contribution in [2.45, 2.75) is 31.7 Å². The van der Waals surface area contributed by atoms with Gasteiger partial charge in [0.25, 0.3) is 11.8 Å². The Kier molecular flexibility index (Phi) is 7.48. The predicted molar refractivity (Wildman–Crippen MR) is 136 cm³/mol. The second-order valence-corrected chi connectivity index (χ2v) is 9.71. The monoisotopic (exact) mass is 474 g/mol. The van der Waals surface area contributed by atoms with E-state index in [1.165, 1.54) is 17.8 Å². The van der Waals surface area contributed by atoms with Crippen molar-refractivity contribution < 1.29 is 14.0 Å². The minimum atomic E-state index is -0.334. The summed E-state index contributed by atoms with van der Waals surface area (Å²) in [5.41, 5.74) is 2.64. The lowest BCUT2D eigenvalue weighted by Crippen LogP contribution is -2.34. The number of nitrogens with zero attached hydrogens (tertiary/aromatic N) is 1. The Hall–Kier alpha value is -3.38. The molecule has 0 radical (unpaired) electrons. The summed E-state index contributed by atoms with van der Waals surface area (Å²) >= 11 is 1.40. The molecule has 1 heterocycles. The number of carbonyl (C=O) groups is 2. The second kappa shape index (κ2) is 10.7. The molecule has 0 spiro atoms. The van der Waals surface area contributed by atoms with Crippen LogP contribution in [0.25, 0.3) is 6.08 Å². The minimum absolute atomic E-state index is 0.104. The summed E-state index contributed by atoms with van der Waals surface area (Å²) in [6.07, 6.45) is 2.75. The number of amides is 2. The normalized spacial score (nSPS) is 14.4. The van der Waals surface area contributed by atoms with E-state index in [1.807, 2.05) is 42.5 Å². The van der Waals surface area contributed by atoms with Gasteiger partial charge in [-0.1, -0.05) is 68.1 Å². The molecule has 174 valence electrons. The molecule has 1 aliphatic heterocycles. The Morgan fingerprint density at radius 3 is 2.47 bits per heavy atom. The maximum Gasteiger partial charge on any atom is 0.265 e. The van der Waals surface area contributed by atoms with Crippen LogP contribution >= 0.6 is 11.8 Å². The number of halogens is 1. The van der Waals surface area contributed by atoms with Crippen molar-refractivity contribution in [3.8, 4) is 0 Å². The van der Waals surface area contributed by atoms with Crippen molar-refractivity contribution >= 4 is 35.3 Å². The molecule has 0 saturated carbocycles. The minimum Gasteiger partial charge on any atom is -0.352 e. The number of para-hydroxylation sites is 1. The topological polar surface area (TPSA) is 49.4 Å². The summed E-state index contributed by atoms with van der Waals surface area (Å²) in [6, 6.07) is 21.3. The molecule has 0 saturated heterocycles. The molecular formula is C28H27FN2O2S. The van der Waals surface area contributed by atoms with Gasteiger partial charge in [0.05, 0.1) is 17.1 Å². The number of hydrogen-bond donors (Lipinski definition) is 1. The Labute approximate surface area is 203 Å². The quantitative estimate of drug-likeness (QED) is 0.410. The molecule has 0 bridgehead atoms. The Bertz CT molecular complexity index is 1220. The van der Waals surface area contributed by atoms with Crippen LogP contribution in [0.5, 0.6) is 0 Å². The van der Waals surface area contributed by atoms with E-state index in [4.69, 9.17) is 0 Å². The molecule has 3 aromatic carbocycles. The molecule has 0 atom stereocenters. The number of benzene rings is 3. The van der Waals surface area contributed by atoms with Crippen molar-refractivity contribution in [2.75, 3.05) is 11.4 Å². The highest BCUT2D eigenvalue weighted by Gasteiger charge is 2.29. The molecule has 0 aliphatic carbocycles. The highest BCUT2D eigenvalue weighted by atomic mass is 32.2. The lowest BCUT2D eigenvalue weighted by Gasteiger charge is -2.30. The molecule has 0 fully saturated rings. The van der Waals surface area contributed by atoms with E-state index >= 15 is 0 Å². The largest absolute Gasteiger partial charge is 0.352 e. The lowest BCUT2D eigenvalue weighted by atomic mass is 10.1. The van der Waals surface area contributed by atoms with Crippen LogP contribution in [0.15, 0.2) is 82.6 Å². The van der Waals surface area contributed by atoms with Gasteiger partial charge in [-0.2, -0.15) is 0 Å². The van der Waals surface area contributed by atoms with Crippen LogP contribution in [0.3, 0.4) is 0 Å². The van der Waals surface area contributed by atoms with Crippen molar-refractivity contribution in [1.29, 1.82) is 0 Å². The zero-order chi connectivity index (χ0) is 24.1. The van der Waals surface area contributed by atoms with E-state index in [2.05, 4.69) is 19.2 Å². The van der Waals surface area contributed by atoms with Crippen LogP contribution in [0, 0.1) is 11.7 Å². The van der Waals surface area contributed by atoms with Crippen LogP contribution < -0.4 is 10.2 Å². The van der Waals surface area contributed by atoms with E-state index in [0.29, 0.717) is 28.5 Å². The van der Waals surface area contributed by atoms with Gasteiger partial charge in [0.15, 0.2) is 0 Å². The van der Waals surface area contributed by atoms with Crippen molar-refractivity contribution in [2.24, 2.45) is 5.92 Å². The summed E-state index contributed by atoms with van der Waals surface area (Å²) in [5, 5.41) is 2.93. The number of nitrogens with one attached hydrogen (secondary N) is 1. The molecular weight excluding hydrogens is 447 g/mol. The molecule has 0 unspecified atom stereocenters. The highest BCUT2D eigenvalue weighted by Crippen LogP contribution is 2.42. The first-order valence-corrected chi connectivity index (χ1v) is 12.2. The first-order valence-electron chi connectivity index (χ1n) is 11.3. The fourth-order valence-electron chi connectivity index (χ4n) is 3.67. The fraction of sp³-hybridized carbons (Fsp3) is 0.214. The Morgan fingerprint density at radius 2 is 1.74 bits per heavy atom. The van der Waals surface area contributed by atoms with Gasteiger partial charge < -0.3 is 10.2 Å². The molecule has 4 nitrogen and oxygen atoms in total. The molecule has 34 heavy (non-hydrogen) atoms. The lowest BCUT2D eigenvalue weighted by molar-refractivity contribution is -0.114. The summed E-state index contributed by atoms with van der Waals surface area (Å²) in [5.74, 6) is -0.0860. The first kappa shape index (κ1) is 23.8. The molecule has 4 rings (SSSR count). The summed E-state index contributed by atoms with van der Waals surface area (Å²) in [4.78, 5) is 28.8. The van der Waals surface area contributed by atoms with Gasteiger partial charge in [-0.25, -0.2) is 4.39 Å². The van der Waals surface area contributed by atoms with Gasteiger partial charge in [-0.3, -0.25) is 9.59 Å². The molecule has 0 aromatic heterocycles. The van der Waals surface area contributed by atoms with Gasteiger partial charge in [0.1, 0.15) is 5.82 Å². The standard InChI is InChI=1S/C28H27FN2O2S/c1-19(2)15-16-30-27(32)21-13-11-20(12-14-21)17-26-28(33)31(18-22-7-3-4-8-23(22)29)24-9-5-6-10-25(24)34-26/h3-14,17,19H,15-16,18H2,1-2H3,(H,30,32). The second-order valence-electron chi connectivity index (χ2n) is 8.62. The third kappa shape index (κ3) is 5.57. The van der Waals surface area contributed by atoms with Gasteiger partial charge in [0.2, 0.25) is 0 Å². The van der Waals surface area contributed by atoms with Crippen LogP contribution in [0.4, 0.5) is 10.1 Å². The van der Waals surface area contributed by atoms with Gasteiger partial charge in [-0.05, 0) is 54.3 Å². The fourth-order valence-corrected chi connectivity index (χ4v) is 4.73. The third-order valence-electron chi connectivity index (χ3n) is 5.60. The van der Waals surface area contributed by atoms with Gasteiger partial charge in [-0.15, -0.1) is 0 Å². The SMILES string of the molecule is CC(C)CCNC(=O)c1ccc(C=C2Sc3ccccc3N(Cc3ccccc3F)C2=O)cc1. The van der Waals surface area contributed by atoms with E-state index in [0.717, 1.165) is 22.6 Å². The smallest absolute Gasteiger partial charge is 0.265 e. The van der Waals surface area contributed by atoms with Crippen LogP contribution in [-0.2, 0) is 11.3 Å². The van der Waals surface area contributed by atoms with Gasteiger partial charge in [0, 0.05) is 22.6 Å². The summed E-state index contributed by atoms with van der Waals surface area (Å²) in [6.45, 7) is 5.03. The molecule has 1 aliphatic rings. The van der Waals surface area contributed by atoms with Gasteiger partial charge >= 0.3 is 0 Å². The van der Waals surface area contributed by atoms with E-state index < -0.39 is 0 Å². The number of fused-ring (bicyclic) bond motifs is 1. The number of carbonyl (C=O) groups excluding carboxylic acids is 2. The number of rotatable bonds is 7.